The van der Waals surface area contributed by atoms with Gasteiger partial charge in [0.25, 0.3) is 23.4 Å². The van der Waals surface area contributed by atoms with E-state index in [4.69, 9.17) is 4.74 Å². The van der Waals surface area contributed by atoms with Crippen LogP contribution in [-0.4, -0.2) is 55.6 Å². The average molecular weight is 983 g/mol. The van der Waals surface area contributed by atoms with Gasteiger partial charge in [-0.25, -0.2) is 4.79 Å². The van der Waals surface area contributed by atoms with Crippen molar-refractivity contribution in [2.75, 3.05) is 5.75 Å². The molecule has 3 aliphatic heterocycles. The minimum atomic E-state index is -1.03. The van der Waals surface area contributed by atoms with Crippen molar-refractivity contribution < 1.29 is 28.8 Å². The standard InChI is InChI=1S/C23H13I4N3O7S/c1-8-7-38-22-18(28-19(31)11-12(20(28)32)14(25)16(27)15(26)13(11)24)21(33)29(22)17(8)23(34)37-6-9-2-4-10(5-3-9)30(35)36/h2-5,18,22H,6-7H2,1H3/t18?,22-/m1/s1. The molecule has 10 nitrogen and oxygen atoms in total. The molecule has 0 saturated carbocycles. The molecular weight excluding hydrogens is 970 g/mol. The van der Waals surface area contributed by atoms with Crippen molar-refractivity contribution >= 4 is 132 Å². The number of carbonyl (C=O) groups is 4. The number of amides is 3. The van der Waals surface area contributed by atoms with E-state index >= 15 is 0 Å². The zero-order valence-electron chi connectivity index (χ0n) is 19.0. The molecule has 3 heterocycles. The molecule has 196 valence electrons. The first-order chi connectivity index (χ1) is 18.0. The van der Waals surface area contributed by atoms with E-state index in [0.717, 1.165) is 12.0 Å². The third-order valence-corrected chi connectivity index (χ3v) is 15.1. The van der Waals surface area contributed by atoms with Crippen LogP contribution < -0.4 is 0 Å². The number of nitro groups is 1. The zero-order valence-corrected chi connectivity index (χ0v) is 28.4. The minimum Gasteiger partial charge on any atom is -0.456 e. The van der Waals surface area contributed by atoms with Gasteiger partial charge in [-0.2, -0.15) is 0 Å². The average Bonchev–Trinajstić information content (AvgIpc) is 3.15. The van der Waals surface area contributed by atoms with E-state index in [1.54, 1.807) is 6.92 Å². The first-order valence-electron chi connectivity index (χ1n) is 10.7. The lowest BCUT2D eigenvalue weighted by Gasteiger charge is -2.51. The Balaban J connectivity index is 1.37. The number of ether oxygens (including phenoxy) is 1. The molecule has 15 heteroatoms. The molecule has 0 aliphatic carbocycles. The number of nitrogens with zero attached hydrogens (tertiary/aromatic N) is 3. The van der Waals surface area contributed by atoms with Gasteiger partial charge in [0.2, 0.25) is 0 Å². The summed E-state index contributed by atoms with van der Waals surface area (Å²) in [7, 11) is 0. The second-order valence-corrected chi connectivity index (χ2v) is 13.9. The maximum atomic E-state index is 13.5. The number of β-lactam (4-membered cyclic amide) rings is 1. The van der Waals surface area contributed by atoms with Crippen LogP contribution in [0, 0.1) is 24.4 Å². The molecule has 1 fully saturated rings. The molecule has 0 radical (unpaired) electrons. The monoisotopic (exact) mass is 983 g/mol. The number of non-ortho nitro benzene ring substituents is 1. The van der Waals surface area contributed by atoms with E-state index < -0.39 is 40.0 Å². The maximum absolute atomic E-state index is 13.5. The number of esters is 1. The van der Waals surface area contributed by atoms with E-state index in [-0.39, 0.29) is 18.0 Å². The number of hydrogen-bond donors (Lipinski definition) is 0. The van der Waals surface area contributed by atoms with Crippen LogP contribution in [0.25, 0.3) is 0 Å². The van der Waals surface area contributed by atoms with Gasteiger partial charge in [0, 0.05) is 32.2 Å². The van der Waals surface area contributed by atoms with E-state index in [9.17, 15) is 29.3 Å². The summed E-state index contributed by atoms with van der Waals surface area (Å²) in [6, 6.07) is 4.59. The Bertz CT molecular complexity index is 1460. The van der Waals surface area contributed by atoms with Crippen LogP contribution >= 0.6 is 102 Å². The molecule has 38 heavy (non-hydrogen) atoms. The summed E-state index contributed by atoms with van der Waals surface area (Å²) in [6.45, 7) is 1.59. The van der Waals surface area contributed by atoms with Crippen LogP contribution in [0.2, 0.25) is 0 Å². The van der Waals surface area contributed by atoms with Crippen LogP contribution in [0.3, 0.4) is 0 Å². The van der Waals surface area contributed by atoms with E-state index in [1.807, 2.05) is 0 Å². The Morgan fingerprint density at radius 2 is 1.55 bits per heavy atom. The molecule has 2 aromatic rings. The molecule has 1 unspecified atom stereocenters. The van der Waals surface area contributed by atoms with E-state index in [1.165, 1.54) is 40.9 Å². The van der Waals surface area contributed by atoms with Gasteiger partial charge in [0.1, 0.15) is 23.7 Å². The molecule has 0 N–H and O–H groups in total. The Morgan fingerprint density at radius 3 is 2.08 bits per heavy atom. The van der Waals surface area contributed by atoms with Crippen LogP contribution in [0.1, 0.15) is 33.2 Å². The first-order valence-corrected chi connectivity index (χ1v) is 16.1. The van der Waals surface area contributed by atoms with Gasteiger partial charge in [-0.3, -0.25) is 34.3 Å². The number of halogens is 4. The highest BCUT2D eigenvalue weighted by Crippen LogP contribution is 2.46. The van der Waals surface area contributed by atoms with Crippen LogP contribution in [0.4, 0.5) is 5.69 Å². The quantitative estimate of drug-likeness (QED) is 0.0606. The predicted molar refractivity (Wildman–Crippen MR) is 170 cm³/mol. The fourth-order valence-electron chi connectivity index (χ4n) is 4.40. The summed E-state index contributed by atoms with van der Waals surface area (Å²) in [5, 5.41) is 10.2. The van der Waals surface area contributed by atoms with Crippen molar-refractivity contribution in [3.05, 3.63) is 76.6 Å². The predicted octanol–water partition coefficient (Wildman–Crippen LogP) is 4.91. The fraction of sp³-hybridized carbons (Fsp3) is 0.217. The van der Waals surface area contributed by atoms with Crippen molar-refractivity contribution in [1.82, 2.24) is 9.80 Å². The number of thioether (sulfide) groups is 1. The molecule has 3 aliphatic rings. The fourth-order valence-corrected chi connectivity index (χ4v) is 9.38. The van der Waals surface area contributed by atoms with Crippen LogP contribution in [0.5, 0.6) is 0 Å². The van der Waals surface area contributed by atoms with Gasteiger partial charge in [-0.15, -0.1) is 11.8 Å². The van der Waals surface area contributed by atoms with Crippen LogP contribution in [-0.2, 0) is 20.9 Å². The third kappa shape index (κ3) is 4.46. The second-order valence-electron chi connectivity index (χ2n) is 8.47. The Hall–Kier alpha value is -1.07. The van der Waals surface area contributed by atoms with Gasteiger partial charge in [0.05, 0.1) is 16.1 Å². The molecule has 5 rings (SSSR count). The van der Waals surface area contributed by atoms with Gasteiger partial charge in [-0.1, -0.05) is 0 Å². The number of hydrogen-bond acceptors (Lipinski definition) is 8. The summed E-state index contributed by atoms with van der Waals surface area (Å²) in [5.41, 5.74) is 1.84. The largest absolute Gasteiger partial charge is 0.456 e. The minimum absolute atomic E-state index is 0.0787. The number of carbonyl (C=O) groups excluding carboxylic acids is 4. The first kappa shape index (κ1) is 28.5. The van der Waals surface area contributed by atoms with Crippen molar-refractivity contribution in [3.8, 4) is 0 Å². The molecule has 0 aromatic heterocycles. The molecule has 1 saturated heterocycles. The number of imide groups is 1. The summed E-state index contributed by atoms with van der Waals surface area (Å²) < 4.78 is 8.53. The topological polar surface area (TPSA) is 127 Å². The number of fused-ring (bicyclic) bond motifs is 2. The molecule has 3 amide bonds. The van der Waals surface area contributed by atoms with Gasteiger partial charge in [-0.05, 0) is 121 Å². The Morgan fingerprint density at radius 1 is 1.00 bits per heavy atom. The molecule has 0 bridgehead atoms. The van der Waals surface area contributed by atoms with E-state index in [2.05, 4.69) is 90.4 Å². The Labute approximate surface area is 274 Å². The SMILES string of the molecule is CC1=C(C(=O)OCc2ccc([N+](=O)[O-])cc2)N2C(=O)C(N3C(=O)c4c(I)c(I)c(I)c(I)c4C3=O)[C@H]2SC1. The molecule has 2 atom stereocenters. The van der Waals surface area contributed by atoms with Crippen LogP contribution in [0.15, 0.2) is 35.5 Å². The summed E-state index contributed by atoms with van der Waals surface area (Å²) in [4.78, 5) is 66.1. The molecule has 2 aromatic carbocycles. The van der Waals surface area contributed by atoms with Crippen molar-refractivity contribution in [2.45, 2.75) is 24.9 Å². The van der Waals surface area contributed by atoms with Gasteiger partial charge >= 0.3 is 5.97 Å². The normalized spacial score (nSPS) is 20.4. The van der Waals surface area contributed by atoms with Crippen molar-refractivity contribution in [3.63, 3.8) is 0 Å². The lowest BCUT2D eigenvalue weighted by atomic mass is 10.0. The lowest BCUT2D eigenvalue weighted by molar-refractivity contribution is -0.384. The second kappa shape index (κ2) is 10.7. The zero-order chi connectivity index (χ0) is 27.6. The third-order valence-electron chi connectivity index (χ3n) is 6.25. The number of rotatable bonds is 5. The van der Waals surface area contributed by atoms with Gasteiger partial charge in [0.15, 0.2) is 0 Å². The smallest absolute Gasteiger partial charge is 0.355 e. The van der Waals surface area contributed by atoms with E-state index in [0.29, 0.717) is 35.2 Å². The lowest BCUT2D eigenvalue weighted by Crippen LogP contribution is -2.71. The van der Waals surface area contributed by atoms with Crippen molar-refractivity contribution in [2.24, 2.45) is 0 Å². The summed E-state index contributed by atoms with van der Waals surface area (Å²) >= 11 is 9.79. The Kier molecular flexibility index (Phi) is 8.03. The highest BCUT2D eigenvalue weighted by Gasteiger charge is 2.60. The summed E-state index contributed by atoms with van der Waals surface area (Å²) in [5.74, 6) is -1.83. The molecule has 0 spiro atoms. The number of benzene rings is 2. The molecular formula is C23H13I4N3O7S. The highest BCUT2D eigenvalue weighted by atomic mass is 127. The number of nitro benzene ring substituents is 1. The summed E-state index contributed by atoms with van der Waals surface area (Å²) in [6.07, 6.45) is 0. The van der Waals surface area contributed by atoms with Crippen molar-refractivity contribution in [1.29, 1.82) is 0 Å². The van der Waals surface area contributed by atoms with Gasteiger partial charge < -0.3 is 4.74 Å². The maximum Gasteiger partial charge on any atom is 0.355 e. The highest BCUT2D eigenvalue weighted by molar-refractivity contribution is 14.1.